The standard InChI is InChI=1S/C59H37N3O2/c1-2-15-39(16-3-1)59-61-50(38-32-30-37(31-33-38)44-24-12-26-47-45-21-6-8-28-52(45)63-57(44)47)35-51(62-59)41-19-10-18-40(34-41)43-23-13-27-49-54(43)55-48-22-7-9-29-53(48)64-58(55)56(60-49)46-25-11-17-36-14-4-5-20-42(36)46/h1-35,56,60H. The number of benzene rings is 9. The van der Waals surface area contributed by atoms with Crippen LogP contribution in [-0.4, -0.2) is 9.97 Å². The molecule has 1 aliphatic rings. The number of para-hydroxylation sites is 3. The molecule has 0 spiro atoms. The highest BCUT2D eigenvalue weighted by Crippen LogP contribution is 2.52. The Morgan fingerprint density at radius 2 is 1.00 bits per heavy atom. The molecule has 0 bridgehead atoms. The summed E-state index contributed by atoms with van der Waals surface area (Å²) in [5, 5.41) is 9.68. The molecule has 5 heteroatoms. The van der Waals surface area contributed by atoms with Gasteiger partial charge in [-0.15, -0.1) is 0 Å². The third kappa shape index (κ3) is 5.86. The second kappa shape index (κ2) is 14.5. The first-order valence-corrected chi connectivity index (χ1v) is 21.7. The van der Waals surface area contributed by atoms with Gasteiger partial charge < -0.3 is 14.2 Å². The Balaban J connectivity index is 0.923. The van der Waals surface area contributed by atoms with Crippen LogP contribution in [0.1, 0.15) is 17.4 Å². The molecule has 1 atom stereocenters. The maximum Gasteiger partial charge on any atom is 0.160 e. The lowest BCUT2D eigenvalue weighted by atomic mass is 9.84. The summed E-state index contributed by atoms with van der Waals surface area (Å²) in [6.45, 7) is 0. The molecule has 12 aromatic rings. The average Bonchev–Trinajstić information content (AvgIpc) is 3.95. The molecule has 0 aliphatic carbocycles. The van der Waals surface area contributed by atoms with E-state index in [4.69, 9.17) is 18.8 Å². The van der Waals surface area contributed by atoms with E-state index in [9.17, 15) is 0 Å². The summed E-state index contributed by atoms with van der Waals surface area (Å²) in [5.41, 5.74) is 16.1. The summed E-state index contributed by atoms with van der Waals surface area (Å²) < 4.78 is 13.2. The van der Waals surface area contributed by atoms with Gasteiger partial charge in [-0.1, -0.05) is 182 Å². The van der Waals surface area contributed by atoms with Crippen LogP contribution in [0.2, 0.25) is 0 Å². The Morgan fingerprint density at radius 3 is 1.86 bits per heavy atom. The minimum atomic E-state index is -0.175. The van der Waals surface area contributed by atoms with Gasteiger partial charge in [0.05, 0.1) is 11.4 Å². The van der Waals surface area contributed by atoms with Gasteiger partial charge in [-0.05, 0) is 63.4 Å². The Bertz CT molecular complexity index is 3770. The maximum atomic E-state index is 6.84. The Kier molecular flexibility index (Phi) is 8.21. The van der Waals surface area contributed by atoms with Gasteiger partial charge in [0.15, 0.2) is 5.82 Å². The summed E-state index contributed by atoms with van der Waals surface area (Å²) in [4.78, 5) is 10.4. The number of hydrogen-bond acceptors (Lipinski definition) is 5. The largest absolute Gasteiger partial charge is 0.458 e. The highest BCUT2D eigenvalue weighted by atomic mass is 16.3. The Morgan fingerprint density at radius 1 is 0.391 bits per heavy atom. The number of furan rings is 2. The summed E-state index contributed by atoms with van der Waals surface area (Å²) in [6, 6.07) is 74.1. The van der Waals surface area contributed by atoms with Crippen molar-refractivity contribution in [3.8, 4) is 67.3 Å². The second-order valence-electron chi connectivity index (χ2n) is 16.5. The predicted octanol–water partition coefficient (Wildman–Crippen LogP) is 15.8. The highest BCUT2D eigenvalue weighted by Gasteiger charge is 2.33. The van der Waals surface area contributed by atoms with E-state index in [1.807, 2.05) is 36.4 Å². The van der Waals surface area contributed by atoms with Gasteiger partial charge in [0.25, 0.3) is 0 Å². The molecule has 0 amide bonds. The van der Waals surface area contributed by atoms with Gasteiger partial charge >= 0.3 is 0 Å². The number of aromatic nitrogens is 2. The summed E-state index contributed by atoms with van der Waals surface area (Å²) in [6.07, 6.45) is 0. The van der Waals surface area contributed by atoms with E-state index in [1.165, 1.54) is 16.3 Å². The third-order valence-electron chi connectivity index (χ3n) is 12.8. The molecule has 1 N–H and O–H groups in total. The van der Waals surface area contributed by atoms with Crippen LogP contribution in [0.25, 0.3) is 111 Å². The van der Waals surface area contributed by atoms with Crippen molar-refractivity contribution >= 4 is 49.4 Å². The van der Waals surface area contributed by atoms with Crippen molar-refractivity contribution in [1.29, 1.82) is 0 Å². The number of nitrogens with one attached hydrogen (secondary N) is 1. The lowest BCUT2D eigenvalue weighted by Gasteiger charge is -2.29. The molecule has 5 nitrogen and oxygen atoms in total. The topological polar surface area (TPSA) is 64.1 Å². The van der Waals surface area contributed by atoms with Crippen molar-refractivity contribution in [3.63, 3.8) is 0 Å². The predicted molar refractivity (Wildman–Crippen MR) is 261 cm³/mol. The van der Waals surface area contributed by atoms with Crippen LogP contribution in [0.3, 0.4) is 0 Å². The first-order chi connectivity index (χ1) is 31.7. The molecule has 0 saturated heterocycles. The van der Waals surface area contributed by atoms with Crippen LogP contribution in [0.4, 0.5) is 5.69 Å². The first-order valence-electron chi connectivity index (χ1n) is 21.7. The van der Waals surface area contributed by atoms with E-state index < -0.39 is 0 Å². The van der Waals surface area contributed by atoms with E-state index in [2.05, 4.69) is 181 Å². The van der Waals surface area contributed by atoms with Crippen LogP contribution in [0, 0.1) is 0 Å². The SMILES string of the molecule is c1ccc(-c2nc(-c3ccc(-c4cccc5c4oc4ccccc45)cc3)cc(-c3cccc(-c4cccc5c4-c4c(oc6ccccc46)C(c4cccc6ccccc46)N5)c3)n2)cc1. The normalized spacial score (nSPS) is 13.3. The number of fused-ring (bicyclic) bond motifs is 9. The van der Waals surface area contributed by atoms with E-state index >= 15 is 0 Å². The molecule has 0 radical (unpaired) electrons. The fourth-order valence-electron chi connectivity index (χ4n) is 9.75. The Labute approximate surface area is 368 Å². The fraction of sp³-hybridized carbons (Fsp3) is 0.0169. The summed E-state index contributed by atoms with van der Waals surface area (Å²) in [5.74, 6) is 1.59. The summed E-state index contributed by atoms with van der Waals surface area (Å²) in [7, 11) is 0. The molecule has 9 aromatic carbocycles. The lowest BCUT2D eigenvalue weighted by Crippen LogP contribution is -2.17. The number of rotatable bonds is 6. The molecule has 1 aliphatic heterocycles. The maximum absolute atomic E-state index is 6.84. The molecule has 3 aromatic heterocycles. The third-order valence-corrected chi connectivity index (χ3v) is 12.8. The van der Waals surface area contributed by atoms with Gasteiger partial charge in [0.1, 0.15) is 28.6 Å². The highest BCUT2D eigenvalue weighted by molar-refractivity contribution is 6.10. The van der Waals surface area contributed by atoms with Crippen molar-refractivity contribution in [2.24, 2.45) is 0 Å². The minimum absolute atomic E-state index is 0.175. The van der Waals surface area contributed by atoms with Crippen molar-refractivity contribution in [1.82, 2.24) is 9.97 Å². The van der Waals surface area contributed by atoms with E-state index in [-0.39, 0.29) is 6.04 Å². The van der Waals surface area contributed by atoms with Crippen molar-refractivity contribution in [2.45, 2.75) is 6.04 Å². The van der Waals surface area contributed by atoms with Crippen molar-refractivity contribution < 1.29 is 8.83 Å². The molecular formula is C59H37N3O2. The zero-order chi connectivity index (χ0) is 42.1. The zero-order valence-corrected chi connectivity index (χ0v) is 34.5. The van der Waals surface area contributed by atoms with Crippen LogP contribution in [0.15, 0.2) is 221 Å². The van der Waals surface area contributed by atoms with Gasteiger partial charge in [-0.2, -0.15) is 0 Å². The van der Waals surface area contributed by atoms with E-state index in [1.54, 1.807) is 0 Å². The zero-order valence-electron chi connectivity index (χ0n) is 34.5. The number of nitrogens with zero attached hydrogens (tertiary/aromatic N) is 2. The Hall–Kier alpha value is -8.54. The van der Waals surface area contributed by atoms with Crippen LogP contribution in [0.5, 0.6) is 0 Å². The quantitative estimate of drug-likeness (QED) is 0.181. The smallest absolute Gasteiger partial charge is 0.160 e. The monoisotopic (exact) mass is 819 g/mol. The summed E-state index contributed by atoms with van der Waals surface area (Å²) >= 11 is 0. The van der Waals surface area contributed by atoms with Gasteiger partial charge in [0, 0.05) is 55.2 Å². The molecule has 13 rings (SSSR count). The van der Waals surface area contributed by atoms with E-state index in [0.717, 1.165) is 106 Å². The molecular weight excluding hydrogens is 783 g/mol. The molecule has 300 valence electrons. The molecule has 64 heavy (non-hydrogen) atoms. The second-order valence-corrected chi connectivity index (χ2v) is 16.5. The van der Waals surface area contributed by atoms with Crippen molar-refractivity contribution in [2.75, 3.05) is 5.32 Å². The van der Waals surface area contributed by atoms with Crippen LogP contribution >= 0.6 is 0 Å². The number of hydrogen-bond donors (Lipinski definition) is 1. The van der Waals surface area contributed by atoms with Crippen LogP contribution < -0.4 is 5.32 Å². The van der Waals surface area contributed by atoms with Gasteiger partial charge in [-0.25, -0.2) is 9.97 Å². The van der Waals surface area contributed by atoms with Gasteiger partial charge in [-0.3, -0.25) is 0 Å². The number of anilines is 1. The van der Waals surface area contributed by atoms with Crippen molar-refractivity contribution in [3.05, 3.63) is 224 Å². The minimum Gasteiger partial charge on any atom is -0.458 e. The lowest BCUT2D eigenvalue weighted by molar-refractivity contribution is 0.537. The molecule has 0 saturated carbocycles. The molecule has 4 heterocycles. The fourth-order valence-corrected chi connectivity index (χ4v) is 9.75. The van der Waals surface area contributed by atoms with E-state index in [0.29, 0.717) is 5.82 Å². The average molecular weight is 820 g/mol. The van der Waals surface area contributed by atoms with Crippen LogP contribution in [-0.2, 0) is 0 Å². The first kappa shape index (κ1) is 36.1. The van der Waals surface area contributed by atoms with Gasteiger partial charge in [0.2, 0.25) is 0 Å². The molecule has 0 fully saturated rings. The molecule has 1 unspecified atom stereocenters.